The summed E-state index contributed by atoms with van der Waals surface area (Å²) in [5.74, 6) is 0. The number of rotatable bonds is 13. The molecule has 0 aromatic rings. The lowest BCUT2D eigenvalue weighted by Gasteiger charge is -2.29. The predicted octanol–water partition coefficient (Wildman–Crippen LogP) is 4.73. The van der Waals surface area contributed by atoms with Crippen molar-refractivity contribution < 1.29 is 0 Å². The van der Waals surface area contributed by atoms with Crippen molar-refractivity contribution in [3.05, 3.63) is 0 Å². The second-order valence-electron chi connectivity index (χ2n) is 7.99. The Morgan fingerprint density at radius 3 is 1.70 bits per heavy atom. The minimum absolute atomic E-state index is 0.474. The molecule has 0 fully saturated rings. The van der Waals surface area contributed by atoms with E-state index in [1.165, 1.54) is 57.8 Å². The third-order valence-corrected chi connectivity index (χ3v) is 4.55. The van der Waals surface area contributed by atoms with Crippen LogP contribution in [0.3, 0.4) is 0 Å². The summed E-state index contributed by atoms with van der Waals surface area (Å²) >= 11 is 0. The fourth-order valence-electron chi connectivity index (χ4n) is 2.96. The largest absolute Gasteiger partial charge is 0.330 e. The van der Waals surface area contributed by atoms with Gasteiger partial charge in [-0.3, -0.25) is 0 Å². The van der Waals surface area contributed by atoms with Crippen LogP contribution >= 0.6 is 0 Å². The standard InChI is InChI=1S/C18H40N2/c1-17(2,11-7-6-8-16-20-5)12-9-13-18(3,4)14-10-15-19/h20H,6-16,19H2,1-5H3. The Labute approximate surface area is 128 Å². The second-order valence-corrected chi connectivity index (χ2v) is 7.99. The molecule has 0 unspecified atom stereocenters. The molecule has 0 aromatic heterocycles. The molecule has 0 atom stereocenters. The number of nitrogens with one attached hydrogen (secondary N) is 1. The summed E-state index contributed by atoms with van der Waals surface area (Å²) in [7, 11) is 2.04. The smallest absolute Gasteiger partial charge is 0.00519 e. The van der Waals surface area contributed by atoms with E-state index in [9.17, 15) is 0 Å². The van der Waals surface area contributed by atoms with Gasteiger partial charge in [-0.1, -0.05) is 47.0 Å². The van der Waals surface area contributed by atoms with Crippen LogP contribution in [0.4, 0.5) is 0 Å². The van der Waals surface area contributed by atoms with Gasteiger partial charge >= 0.3 is 0 Å². The van der Waals surface area contributed by atoms with Crippen molar-refractivity contribution in [3.8, 4) is 0 Å². The fraction of sp³-hybridized carbons (Fsp3) is 1.00. The Balaban J connectivity index is 3.74. The first-order valence-electron chi connectivity index (χ1n) is 8.68. The first-order valence-corrected chi connectivity index (χ1v) is 8.68. The summed E-state index contributed by atoms with van der Waals surface area (Å²) in [5.41, 5.74) is 6.61. The molecule has 122 valence electrons. The molecular formula is C18H40N2. The van der Waals surface area contributed by atoms with E-state index < -0.39 is 0 Å². The van der Waals surface area contributed by atoms with Gasteiger partial charge in [0.1, 0.15) is 0 Å². The van der Waals surface area contributed by atoms with Gasteiger partial charge in [-0.15, -0.1) is 0 Å². The van der Waals surface area contributed by atoms with Gasteiger partial charge in [-0.25, -0.2) is 0 Å². The highest BCUT2D eigenvalue weighted by molar-refractivity contribution is 4.73. The average molecular weight is 285 g/mol. The lowest BCUT2D eigenvalue weighted by Crippen LogP contribution is -2.17. The van der Waals surface area contributed by atoms with Crippen LogP contribution < -0.4 is 11.1 Å². The van der Waals surface area contributed by atoms with Crippen LogP contribution in [-0.2, 0) is 0 Å². The van der Waals surface area contributed by atoms with E-state index >= 15 is 0 Å². The molecule has 0 saturated heterocycles. The molecule has 0 aliphatic rings. The van der Waals surface area contributed by atoms with Crippen LogP contribution in [0.2, 0.25) is 0 Å². The van der Waals surface area contributed by atoms with Crippen LogP contribution in [0, 0.1) is 10.8 Å². The zero-order valence-corrected chi connectivity index (χ0v) is 14.9. The molecular weight excluding hydrogens is 244 g/mol. The molecule has 3 N–H and O–H groups in total. The van der Waals surface area contributed by atoms with Crippen molar-refractivity contribution in [1.82, 2.24) is 5.32 Å². The Morgan fingerprint density at radius 2 is 1.20 bits per heavy atom. The molecule has 0 rings (SSSR count). The van der Waals surface area contributed by atoms with Crippen molar-refractivity contribution in [2.75, 3.05) is 20.1 Å². The number of nitrogens with two attached hydrogens (primary N) is 1. The number of unbranched alkanes of at least 4 members (excludes halogenated alkanes) is 2. The third kappa shape index (κ3) is 11.7. The molecule has 0 radical (unpaired) electrons. The highest BCUT2D eigenvalue weighted by atomic mass is 14.8. The van der Waals surface area contributed by atoms with Gasteiger partial charge < -0.3 is 11.1 Å². The molecule has 20 heavy (non-hydrogen) atoms. The molecule has 0 aliphatic carbocycles. The summed E-state index contributed by atoms with van der Waals surface area (Å²) in [6, 6.07) is 0. The maximum atomic E-state index is 5.62. The van der Waals surface area contributed by atoms with E-state index in [0.717, 1.165) is 13.1 Å². The maximum absolute atomic E-state index is 5.62. The molecule has 0 amide bonds. The third-order valence-electron chi connectivity index (χ3n) is 4.55. The summed E-state index contributed by atoms with van der Waals surface area (Å²) in [6.45, 7) is 11.7. The van der Waals surface area contributed by atoms with E-state index in [0.29, 0.717) is 10.8 Å². The summed E-state index contributed by atoms with van der Waals surface area (Å²) in [5, 5.41) is 3.22. The van der Waals surface area contributed by atoms with E-state index in [4.69, 9.17) is 5.73 Å². The first-order chi connectivity index (χ1) is 9.33. The minimum atomic E-state index is 0.474. The molecule has 0 bridgehead atoms. The summed E-state index contributed by atoms with van der Waals surface area (Å²) in [4.78, 5) is 0. The van der Waals surface area contributed by atoms with Crippen molar-refractivity contribution >= 4 is 0 Å². The lowest BCUT2D eigenvalue weighted by molar-refractivity contribution is 0.237. The highest BCUT2D eigenvalue weighted by Gasteiger charge is 2.21. The Kier molecular flexibility index (Phi) is 10.6. The SMILES string of the molecule is CNCCCCCC(C)(C)CCCC(C)(C)CCCN. The molecule has 0 heterocycles. The average Bonchev–Trinajstić information content (AvgIpc) is 2.35. The van der Waals surface area contributed by atoms with E-state index in [-0.39, 0.29) is 0 Å². The number of hydrogen-bond donors (Lipinski definition) is 2. The zero-order valence-electron chi connectivity index (χ0n) is 14.9. The normalized spacial score (nSPS) is 12.9. The van der Waals surface area contributed by atoms with Gasteiger partial charge in [0.2, 0.25) is 0 Å². The Hall–Kier alpha value is -0.0800. The van der Waals surface area contributed by atoms with Crippen LogP contribution in [0.25, 0.3) is 0 Å². The molecule has 2 heteroatoms. The van der Waals surface area contributed by atoms with Crippen LogP contribution in [0.15, 0.2) is 0 Å². The van der Waals surface area contributed by atoms with Crippen LogP contribution in [0.5, 0.6) is 0 Å². The van der Waals surface area contributed by atoms with Gasteiger partial charge in [0.05, 0.1) is 0 Å². The Morgan fingerprint density at radius 1 is 0.700 bits per heavy atom. The molecule has 0 saturated carbocycles. The molecule has 0 spiro atoms. The van der Waals surface area contributed by atoms with Gasteiger partial charge in [-0.05, 0) is 69.5 Å². The van der Waals surface area contributed by atoms with Gasteiger partial charge in [0.15, 0.2) is 0 Å². The quantitative estimate of drug-likeness (QED) is 0.480. The van der Waals surface area contributed by atoms with Gasteiger partial charge in [-0.2, -0.15) is 0 Å². The zero-order chi connectivity index (χ0) is 15.5. The van der Waals surface area contributed by atoms with Crippen molar-refractivity contribution in [3.63, 3.8) is 0 Å². The van der Waals surface area contributed by atoms with E-state index in [1.54, 1.807) is 0 Å². The monoisotopic (exact) mass is 284 g/mol. The van der Waals surface area contributed by atoms with Crippen molar-refractivity contribution in [2.45, 2.75) is 85.5 Å². The van der Waals surface area contributed by atoms with E-state index in [1.807, 2.05) is 7.05 Å². The summed E-state index contributed by atoms with van der Waals surface area (Å²) < 4.78 is 0. The van der Waals surface area contributed by atoms with E-state index in [2.05, 4.69) is 33.0 Å². The lowest BCUT2D eigenvalue weighted by atomic mass is 9.77. The molecule has 0 aliphatic heterocycles. The molecule has 2 nitrogen and oxygen atoms in total. The fourth-order valence-corrected chi connectivity index (χ4v) is 2.96. The van der Waals surface area contributed by atoms with Crippen LogP contribution in [0.1, 0.15) is 85.5 Å². The highest BCUT2D eigenvalue weighted by Crippen LogP contribution is 2.34. The first kappa shape index (κ1) is 19.9. The Bertz CT molecular complexity index is 221. The molecule has 0 aromatic carbocycles. The van der Waals surface area contributed by atoms with Gasteiger partial charge in [0.25, 0.3) is 0 Å². The number of hydrogen-bond acceptors (Lipinski definition) is 2. The summed E-state index contributed by atoms with van der Waals surface area (Å²) in [6.07, 6.45) is 12.0. The predicted molar refractivity (Wildman–Crippen MR) is 92.1 cm³/mol. The van der Waals surface area contributed by atoms with Crippen molar-refractivity contribution in [1.29, 1.82) is 0 Å². The second kappa shape index (κ2) is 10.6. The minimum Gasteiger partial charge on any atom is -0.330 e. The van der Waals surface area contributed by atoms with Crippen molar-refractivity contribution in [2.24, 2.45) is 16.6 Å². The van der Waals surface area contributed by atoms with Gasteiger partial charge in [0, 0.05) is 0 Å². The topological polar surface area (TPSA) is 38.0 Å². The maximum Gasteiger partial charge on any atom is -0.00519 e. The van der Waals surface area contributed by atoms with Crippen LogP contribution in [-0.4, -0.2) is 20.1 Å².